The molecule has 1 aliphatic heterocycles. The minimum absolute atomic E-state index is 0.147. The lowest BCUT2D eigenvalue weighted by atomic mass is 9.99. The van der Waals surface area contributed by atoms with Gasteiger partial charge in [0.25, 0.3) is 11.8 Å². The smallest absolute Gasteiger partial charge is 0.328 e. The maximum Gasteiger partial charge on any atom is 0.328 e. The Morgan fingerprint density at radius 3 is 2.68 bits per heavy atom. The van der Waals surface area contributed by atoms with Crippen LogP contribution in [0, 0.1) is 5.92 Å². The van der Waals surface area contributed by atoms with E-state index >= 15 is 0 Å². The number of fused-ring (bicyclic) bond motifs is 1. The lowest BCUT2D eigenvalue weighted by molar-refractivity contribution is -0.153. The number of carbonyl (C=O) groups is 4. The van der Waals surface area contributed by atoms with Gasteiger partial charge in [-0.3, -0.25) is 14.4 Å². The van der Waals surface area contributed by atoms with E-state index < -0.39 is 42.5 Å². The van der Waals surface area contributed by atoms with Crippen molar-refractivity contribution < 1.29 is 33.4 Å². The normalized spacial score (nSPS) is 17.2. The summed E-state index contributed by atoms with van der Waals surface area (Å²) < 4.78 is 15.1. The molecule has 0 radical (unpaired) electrons. The minimum atomic E-state index is -1.05. The van der Waals surface area contributed by atoms with Crippen LogP contribution in [0.4, 0.5) is 5.69 Å². The number of methoxy groups -OCH3 is 1. The number of esters is 2. The lowest BCUT2D eigenvalue weighted by Gasteiger charge is -2.25. The molecule has 0 aromatic heterocycles. The maximum atomic E-state index is 12.0. The van der Waals surface area contributed by atoms with Crippen molar-refractivity contribution in [1.29, 1.82) is 0 Å². The first-order chi connectivity index (χ1) is 13.3. The molecule has 1 aromatic rings. The summed E-state index contributed by atoms with van der Waals surface area (Å²) in [6, 6.07) is 6.01. The zero-order valence-electron chi connectivity index (χ0n) is 16.0. The molecule has 2 amide bonds. The Morgan fingerprint density at radius 2 is 2.00 bits per heavy atom. The molecule has 1 aliphatic rings. The average Bonchev–Trinajstić information content (AvgIpc) is 2.69. The third kappa shape index (κ3) is 5.45. The van der Waals surface area contributed by atoms with Crippen LogP contribution in [0.5, 0.6) is 5.75 Å². The number of benzene rings is 1. The molecule has 1 aromatic carbocycles. The summed E-state index contributed by atoms with van der Waals surface area (Å²) in [4.78, 5) is 47.8. The first kappa shape index (κ1) is 21.2. The molecule has 0 aliphatic carbocycles. The summed E-state index contributed by atoms with van der Waals surface area (Å²) in [5.41, 5.74) is 0.524. The predicted molar refractivity (Wildman–Crippen MR) is 98.5 cm³/mol. The molecule has 2 N–H and O–H groups in total. The van der Waals surface area contributed by atoms with Crippen molar-refractivity contribution in [3.05, 3.63) is 24.3 Å². The quantitative estimate of drug-likeness (QED) is 0.634. The summed E-state index contributed by atoms with van der Waals surface area (Å²) in [6.45, 7) is 3.10. The van der Waals surface area contributed by atoms with E-state index in [-0.39, 0.29) is 12.3 Å². The number of hydrogen-bond acceptors (Lipinski definition) is 7. The van der Waals surface area contributed by atoms with Gasteiger partial charge in [0.05, 0.1) is 19.2 Å². The third-order valence-corrected chi connectivity index (χ3v) is 4.41. The van der Waals surface area contributed by atoms with Gasteiger partial charge >= 0.3 is 11.9 Å². The Morgan fingerprint density at radius 1 is 1.29 bits per heavy atom. The van der Waals surface area contributed by atoms with Crippen molar-refractivity contribution in [1.82, 2.24) is 5.32 Å². The van der Waals surface area contributed by atoms with Crippen LogP contribution in [0.3, 0.4) is 0 Å². The number of nitrogens with one attached hydrogen (secondary N) is 2. The highest BCUT2D eigenvalue weighted by atomic mass is 16.5. The number of rotatable bonds is 8. The Bertz CT molecular complexity index is 750. The molecule has 0 spiro atoms. The topological polar surface area (TPSA) is 120 Å². The second kappa shape index (κ2) is 9.72. The van der Waals surface area contributed by atoms with Gasteiger partial charge in [0.1, 0.15) is 11.8 Å². The van der Waals surface area contributed by atoms with Gasteiger partial charge in [0, 0.05) is 0 Å². The van der Waals surface area contributed by atoms with E-state index in [4.69, 9.17) is 9.47 Å². The summed E-state index contributed by atoms with van der Waals surface area (Å²) in [6.07, 6.45) is -0.748. The summed E-state index contributed by atoms with van der Waals surface area (Å²) in [5.74, 6) is -2.14. The zero-order chi connectivity index (χ0) is 20.7. The lowest BCUT2D eigenvalue weighted by Crippen LogP contribution is -2.47. The number of amides is 2. The van der Waals surface area contributed by atoms with Crippen molar-refractivity contribution in [2.24, 2.45) is 5.92 Å². The average molecular weight is 392 g/mol. The van der Waals surface area contributed by atoms with Crippen molar-refractivity contribution in [2.75, 3.05) is 19.0 Å². The number of anilines is 1. The van der Waals surface area contributed by atoms with E-state index in [9.17, 15) is 19.2 Å². The van der Waals surface area contributed by atoms with E-state index in [0.717, 1.165) is 0 Å². The van der Waals surface area contributed by atoms with E-state index in [1.807, 2.05) is 6.92 Å². The first-order valence-corrected chi connectivity index (χ1v) is 8.95. The van der Waals surface area contributed by atoms with E-state index in [0.29, 0.717) is 17.9 Å². The van der Waals surface area contributed by atoms with Gasteiger partial charge in [-0.15, -0.1) is 0 Å². The minimum Gasteiger partial charge on any atom is -0.478 e. The second-order valence-corrected chi connectivity index (χ2v) is 6.41. The summed E-state index contributed by atoms with van der Waals surface area (Å²) >= 11 is 0. The number of ether oxygens (including phenoxy) is 3. The first-order valence-electron chi connectivity index (χ1n) is 8.95. The van der Waals surface area contributed by atoms with E-state index in [1.54, 1.807) is 31.2 Å². The summed E-state index contributed by atoms with van der Waals surface area (Å²) in [7, 11) is 1.23. The van der Waals surface area contributed by atoms with Crippen molar-refractivity contribution >= 4 is 29.4 Å². The van der Waals surface area contributed by atoms with Gasteiger partial charge in [-0.05, 0) is 18.1 Å². The molecule has 9 nitrogen and oxygen atoms in total. The SMILES string of the molecule is CC[C@@H](C)[C@@H](NC(=O)COC(=O)C[C@H]1Oc2ccccc2NC1=O)C(=O)OC. The molecular formula is C19H24N2O7. The standard InChI is InChI=1S/C19H24N2O7/c1-4-11(2)17(19(25)26-3)21-15(22)10-27-16(23)9-14-18(24)20-12-7-5-6-8-13(12)28-14/h5-8,11,14,17H,4,9-10H2,1-3H3,(H,20,24)(H,21,22)/t11-,14-,17-/m1/s1. The van der Waals surface area contributed by atoms with E-state index in [1.165, 1.54) is 7.11 Å². The monoisotopic (exact) mass is 392 g/mol. The Kier molecular flexibility index (Phi) is 7.36. The highest BCUT2D eigenvalue weighted by molar-refractivity contribution is 5.99. The van der Waals surface area contributed by atoms with Crippen LogP contribution in [0.2, 0.25) is 0 Å². The maximum absolute atomic E-state index is 12.0. The zero-order valence-corrected chi connectivity index (χ0v) is 16.0. The van der Waals surface area contributed by atoms with Crippen LogP contribution in [-0.2, 0) is 28.7 Å². The molecule has 0 bridgehead atoms. The van der Waals surface area contributed by atoms with Gasteiger partial charge in [0.15, 0.2) is 12.7 Å². The molecule has 2 rings (SSSR count). The molecule has 9 heteroatoms. The van der Waals surface area contributed by atoms with Gasteiger partial charge in [0.2, 0.25) is 0 Å². The fourth-order valence-electron chi connectivity index (χ4n) is 2.59. The van der Waals surface area contributed by atoms with Gasteiger partial charge in [-0.25, -0.2) is 4.79 Å². The van der Waals surface area contributed by atoms with Crippen LogP contribution >= 0.6 is 0 Å². The fourth-order valence-corrected chi connectivity index (χ4v) is 2.59. The molecule has 28 heavy (non-hydrogen) atoms. The molecule has 0 unspecified atom stereocenters. The van der Waals surface area contributed by atoms with Crippen molar-refractivity contribution in [3.8, 4) is 5.75 Å². The van der Waals surface area contributed by atoms with Gasteiger partial charge in [-0.1, -0.05) is 32.4 Å². The highest BCUT2D eigenvalue weighted by Gasteiger charge is 2.31. The number of hydrogen-bond donors (Lipinski definition) is 2. The second-order valence-electron chi connectivity index (χ2n) is 6.41. The highest BCUT2D eigenvalue weighted by Crippen LogP contribution is 2.29. The van der Waals surface area contributed by atoms with Gasteiger partial charge in [-0.2, -0.15) is 0 Å². The van der Waals surface area contributed by atoms with Gasteiger partial charge < -0.3 is 24.8 Å². The van der Waals surface area contributed by atoms with Crippen LogP contribution in [0.1, 0.15) is 26.7 Å². The number of carbonyl (C=O) groups excluding carboxylic acids is 4. The van der Waals surface area contributed by atoms with E-state index in [2.05, 4.69) is 15.4 Å². The van der Waals surface area contributed by atoms with Crippen LogP contribution < -0.4 is 15.4 Å². The fraction of sp³-hybridized carbons (Fsp3) is 0.474. The van der Waals surface area contributed by atoms with Crippen molar-refractivity contribution in [2.45, 2.75) is 38.8 Å². The molecule has 152 valence electrons. The molecule has 0 saturated carbocycles. The van der Waals surface area contributed by atoms with Crippen LogP contribution in [-0.4, -0.2) is 49.6 Å². The van der Waals surface area contributed by atoms with Crippen LogP contribution in [0.25, 0.3) is 0 Å². The number of para-hydroxylation sites is 2. The molecule has 0 fully saturated rings. The predicted octanol–water partition coefficient (Wildman–Crippen LogP) is 1.02. The van der Waals surface area contributed by atoms with Crippen LogP contribution in [0.15, 0.2) is 24.3 Å². The molecule has 0 saturated heterocycles. The van der Waals surface area contributed by atoms with Crippen molar-refractivity contribution in [3.63, 3.8) is 0 Å². The summed E-state index contributed by atoms with van der Waals surface area (Å²) in [5, 5.41) is 5.14. The molecule has 1 heterocycles. The third-order valence-electron chi connectivity index (χ3n) is 4.41. The molecule has 3 atom stereocenters. The Hall–Kier alpha value is -3.10. The Balaban J connectivity index is 1.84. The largest absolute Gasteiger partial charge is 0.478 e. The Labute approximate surface area is 162 Å². The molecular weight excluding hydrogens is 368 g/mol.